The quantitative estimate of drug-likeness (QED) is 0.186. The van der Waals surface area contributed by atoms with Crippen LogP contribution in [0.3, 0.4) is 0 Å². The van der Waals surface area contributed by atoms with Crippen molar-refractivity contribution >= 4 is 24.9 Å². The van der Waals surface area contributed by atoms with E-state index in [-0.39, 0.29) is 24.0 Å². The molecule has 1 aliphatic rings. The number of likely N-dealkylation sites (N-methyl/N-ethyl adjacent to an activating group) is 1. The lowest BCUT2D eigenvalue weighted by molar-refractivity contribution is -0.121. The topological polar surface area (TPSA) is 162 Å². The number of nitrogens with one attached hydrogen (secondary N) is 1. The summed E-state index contributed by atoms with van der Waals surface area (Å²) in [7, 11) is -1.76. The van der Waals surface area contributed by atoms with Crippen LogP contribution >= 0.6 is 7.60 Å². The van der Waals surface area contributed by atoms with Gasteiger partial charge >= 0.3 is 7.60 Å². The standard InChI is InChI=1S/C30H33FN3O8P/c1-17-6-7-18(31)14-24(17)41-16-22-20(10-11-23-27(22)34(4)29(36)30(2,3)33-23)21-9-8-19(15-25(21)40-5)42-28(35)26(12-13-32)43(37,38)39/h6-11,14-15,26,28,33,35H,12,16H2,1-5H3,(H2,37,38,39). The highest BCUT2D eigenvalue weighted by Gasteiger charge is 2.39. The normalized spacial score (nSPS) is 15.5. The van der Waals surface area contributed by atoms with Gasteiger partial charge in [0.25, 0.3) is 5.91 Å². The van der Waals surface area contributed by atoms with Crippen molar-refractivity contribution in [2.75, 3.05) is 24.4 Å². The number of ether oxygens (including phenoxy) is 3. The fraction of sp³-hybridized carbons (Fsp3) is 0.333. The van der Waals surface area contributed by atoms with Crippen molar-refractivity contribution in [3.63, 3.8) is 0 Å². The third-order valence-corrected chi connectivity index (χ3v) is 8.51. The van der Waals surface area contributed by atoms with Crippen molar-refractivity contribution in [2.24, 2.45) is 0 Å². The van der Waals surface area contributed by atoms with Crippen molar-refractivity contribution in [3.05, 3.63) is 65.5 Å². The van der Waals surface area contributed by atoms with Gasteiger partial charge in [0, 0.05) is 30.3 Å². The molecule has 2 atom stereocenters. The number of benzene rings is 3. The van der Waals surface area contributed by atoms with Gasteiger partial charge in [-0.3, -0.25) is 9.36 Å². The molecule has 2 unspecified atom stereocenters. The van der Waals surface area contributed by atoms with Crippen molar-refractivity contribution in [1.82, 2.24) is 0 Å². The number of aliphatic hydroxyl groups is 1. The predicted octanol–water partition coefficient (Wildman–Crippen LogP) is 4.71. The summed E-state index contributed by atoms with van der Waals surface area (Å²) >= 11 is 0. The van der Waals surface area contributed by atoms with Gasteiger partial charge in [-0.2, -0.15) is 5.26 Å². The monoisotopic (exact) mass is 613 g/mol. The number of nitriles is 1. The maximum Gasteiger partial charge on any atom is 0.335 e. The lowest BCUT2D eigenvalue weighted by Gasteiger charge is -2.39. The molecule has 1 aliphatic heterocycles. The zero-order valence-corrected chi connectivity index (χ0v) is 25.2. The summed E-state index contributed by atoms with van der Waals surface area (Å²) in [6.07, 6.45) is -2.59. The number of hydrogen-bond acceptors (Lipinski definition) is 8. The average molecular weight is 614 g/mol. The molecule has 0 radical (unpaired) electrons. The Morgan fingerprint density at radius 2 is 1.81 bits per heavy atom. The van der Waals surface area contributed by atoms with Gasteiger partial charge in [0.2, 0.25) is 6.29 Å². The number of halogens is 1. The van der Waals surface area contributed by atoms with Gasteiger partial charge in [-0.25, -0.2) is 4.39 Å². The molecule has 0 fully saturated rings. The van der Waals surface area contributed by atoms with Gasteiger partial charge in [0.05, 0.1) is 31.0 Å². The van der Waals surface area contributed by atoms with Gasteiger partial charge < -0.3 is 39.3 Å². The predicted molar refractivity (Wildman–Crippen MR) is 158 cm³/mol. The van der Waals surface area contributed by atoms with E-state index in [4.69, 9.17) is 19.5 Å². The van der Waals surface area contributed by atoms with Crippen LogP contribution in [0.15, 0.2) is 48.5 Å². The lowest BCUT2D eigenvalue weighted by atomic mass is 9.91. The Hall–Kier alpha value is -4.14. The zero-order chi connectivity index (χ0) is 31.7. The summed E-state index contributed by atoms with van der Waals surface area (Å²) in [5, 5.41) is 22.6. The minimum atomic E-state index is -4.84. The van der Waals surface area contributed by atoms with Crippen molar-refractivity contribution < 1.29 is 42.9 Å². The molecule has 1 amide bonds. The molecule has 11 nitrogen and oxygen atoms in total. The molecule has 0 saturated heterocycles. The first kappa shape index (κ1) is 31.8. The molecule has 3 aromatic carbocycles. The molecule has 0 aromatic heterocycles. The van der Waals surface area contributed by atoms with Crippen LogP contribution in [0.2, 0.25) is 0 Å². The molecule has 1 heterocycles. The Morgan fingerprint density at radius 1 is 1.12 bits per heavy atom. The summed E-state index contributed by atoms with van der Waals surface area (Å²) in [5.41, 5.74) is 1.13. The van der Waals surface area contributed by atoms with Crippen LogP contribution < -0.4 is 24.4 Å². The highest BCUT2D eigenvalue weighted by atomic mass is 31.2. The van der Waals surface area contributed by atoms with Crippen LogP contribution in [-0.4, -0.2) is 52.4 Å². The summed E-state index contributed by atoms with van der Waals surface area (Å²) in [6.45, 7) is 5.30. The number of fused-ring (bicyclic) bond motifs is 1. The molecular formula is C30H33FN3O8P. The van der Waals surface area contributed by atoms with Crippen LogP contribution in [-0.2, 0) is 16.0 Å². The molecule has 43 heavy (non-hydrogen) atoms. The zero-order valence-electron chi connectivity index (χ0n) is 24.3. The van der Waals surface area contributed by atoms with Crippen molar-refractivity contribution in [2.45, 2.75) is 51.3 Å². The third-order valence-electron chi connectivity index (χ3n) is 7.21. The molecule has 0 saturated carbocycles. The van der Waals surface area contributed by atoms with Crippen molar-refractivity contribution in [3.8, 4) is 34.4 Å². The second-order valence-electron chi connectivity index (χ2n) is 10.7. The highest BCUT2D eigenvalue weighted by Crippen LogP contribution is 2.47. The van der Waals surface area contributed by atoms with Crippen LogP contribution in [0.1, 0.15) is 31.4 Å². The van der Waals surface area contributed by atoms with E-state index in [1.165, 1.54) is 31.4 Å². The Kier molecular flexibility index (Phi) is 9.04. The van der Waals surface area contributed by atoms with Gasteiger partial charge in [0.15, 0.2) is 0 Å². The number of methoxy groups -OCH3 is 1. The van der Waals surface area contributed by atoms with Gasteiger partial charge in [-0.15, -0.1) is 0 Å². The first-order valence-electron chi connectivity index (χ1n) is 13.2. The average Bonchev–Trinajstić information content (AvgIpc) is 2.94. The molecular weight excluding hydrogens is 580 g/mol. The molecule has 4 N–H and O–H groups in total. The largest absolute Gasteiger partial charge is 0.496 e. The van der Waals surface area contributed by atoms with E-state index in [1.54, 1.807) is 50.9 Å². The van der Waals surface area contributed by atoms with E-state index in [9.17, 15) is 28.6 Å². The van der Waals surface area contributed by atoms with Gasteiger partial charge in [-0.05, 0) is 56.2 Å². The Bertz CT molecular complexity index is 1630. The van der Waals surface area contributed by atoms with Crippen molar-refractivity contribution in [1.29, 1.82) is 5.26 Å². The number of carbonyl (C=O) groups is 1. The summed E-state index contributed by atoms with van der Waals surface area (Å²) < 4.78 is 42.9. The van der Waals surface area contributed by atoms with E-state index in [0.717, 1.165) is 5.56 Å². The molecule has 0 aliphatic carbocycles. The van der Waals surface area contributed by atoms with Crippen LogP contribution in [0.5, 0.6) is 17.2 Å². The van der Waals surface area contributed by atoms with Crippen LogP contribution in [0.25, 0.3) is 11.1 Å². The number of carbonyl (C=O) groups excluding carboxylic acids is 1. The van der Waals surface area contributed by atoms with Crippen LogP contribution in [0.4, 0.5) is 15.8 Å². The minimum Gasteiger partial charge on any atom is -0.496 e. The fourth-order valence-corrected chi connectivity index (χ4v) is 5.69. The first-order valence-corrected chi connectivity index (χ1v) is 14.9. The molecule has 13 heteroatoms. The Labute approximate surface area is 248 Å². The number of hydrogen-bond donors (Lipinski definition) is 4. The second-order valence-corrected chi connectivity index (χ2v) is 12.5. The van der Waals surface area contributed by atoms with Gasteiger partial charge in [0.1, 0.15) is 40.9 Å². The molecule has 0 spiro atoms. The van der Waals surface area contributed by atoms with E-state index in [2.05, 4.69) is 5.32 Å². The fourth-order valence-electron chi connectivity index (χ4n) is 4.97. The Balaban J connectivity index is 1.79. The van der Waals surface area contributed by atoms with Crippen LogP contribution in [0, 0.1) is 24.1 Å². The number of anilines is 2. The van der Waals surface area contributed by atoms with Gasteiger partial charge in [-0.1, -0.05) is 12.1 Å². The van der Waals surface area contributed by atoms with E-state index in [0.29, 0.717) is 33.8 Å². The molecule has 4 rings (SSSR count). The number of amides is 1. The minimum absolute atomic E-state index is 0.0337. The van der Waals surface area contributed by atoms with E-state index >= 15 is 0 Å². The number of rotatable bonds is 10. The third kappa shape index (κ3) is 6.60. The number of aliphatic hydroxyl groups excluding tert-OH is 1. The first-order chi connectivity index (χ1) is 20.2. The lowest BCUT2D eigenvalue weighted by Crippen LogP contribution is -2.52. The highest BCUT2D eigenvalue weighted by molar-refractivity contribution is 7.52. The second kappa shape index (κ2) is 12.2. The SMILES string of the molecule is COc1cc(OC(O)C(CC#N)P(=O)(O)O)ccc1-c1ccc2c(c1COc1cc(F)ccc1C)N(C)C(=O)C(C)(C)N2. The number of nitrogens with zero attached hydrogens (tertiary/aromatic N) is 2. The summed E-state index contributed by atoms with van der Waals surface area (Å²) in [6, 6.07) is 14.1. The summed E-state index contributed by atoms with van der Waals surface area (Å²) in [5.74, 6) is 0.0115. The smallest absolute Gasteiger partial charge is 0.335 e. The van der Waals surface area contributed by atoms with E-state index < -0.39 is 37.3 Å². The number of aryl methyl sites for hydroxylation is 1. The maximum absolute atomic E-state index is 14.0. The molecule has 0 bridgehead atoms. The molecule has 228 valence electrons. The maximum atomic E-state index is 14.0. The summed E-state index contributed by atoms with van der Waals surface area (Å²) in [4.78, 5) is 33.9. The molecule has 3 aromatic rings. The Morgan fingerprint density at radius 3 is 2.47 bits per heavy atom. The van der Waals surface area contributed by atoms with E-state index in [1.807, 2.05) is 12.1 Å².